The summed E-state index contributed by atoms with van der Waals surface area (Å²) in [6.45, 7) is 0. The second-order valence-corrected chi connectivity index (χ2v) is 8.14. The molecule has 0 bridgehead atoms. The molecule has 5 nitrogen and oxygen atoms in total. The molecule has 0 atom stereocenters. The number of carbonyl (C=O) groups excluding carboxylic acids is 1. The fourth-order valence-corrected chi connectivity index (χ4v) is 4.10. The van der Waals surface area contributed by atoms with Crippen molar-refractivity contribution in [2.24, 2.45) is 0 Å². The lowest BCUT2D eigenvalue weighted by Crippen LogP contribution is -2.23. The smallest absolute Gasteiger partial charge is 0.266 e. The molecular formula is C22H15BrFN3O2S. The summed E-state index contributed by atoms with van der Waals surface area (Å²) in [6.07, 6.45) is 0. The SMILES string of the molecule is O=C(CSc1nc2ccccc2c(=O)n1-c1ccc(F)cc1)Nc1ccccc1Br. The summed E-state index contributed by atoms with van der Waals surface area (Å²) in [7, 11) is 0. The lowest BCUT2D eigenvalue weighted by molar-refractivity contribution is -0.113. The Morgan fingerprint density at radius 2 is 1.73 bits per heavy atom. The van der Waals surface area contributed by atoms with Crippen molar-refractivity contribution < 1.29 is 9.18 Å². The molecule has 0 radical (unpaired) electrons. The van der Waals surface area contributed by atoms with E-state index in [2.05, 4.69) is 26.2 Å². The Morgan fingerprint density at radius 1 is 1.03 bits per heavy atom. The van der Waals surface area contributed by atoms with Crippen LogP contribution in [-0.2, 0) is 4.79 Å². The van der Waals surface area contributed by atoms with Crippen molar-refractivity contribution in [2.45, 2.75) is 5.16 Å². The van der Waals surface area contributed by atoms with Gasteiger partial charge in [-0.3, -0.25) is 14.2 Å². The molecule has 30 heavy (non-hydrogen) atoms. The Labute approximate surface area is 184 Å². The number of nitrogens with zero attached hydrogens (tertiary/aromatic N) is 2. The van der Waals surface area contributed by atoms with Crippen LogP contribution >= 0.6 is 27.7 Å². The van der Waals surface area contributed by atoms with Crippen molar-refractivity contribution >= 4 is 50.2 Å². The van der Waals surface area contributed by atoms with Gasteiger partial charge in [-0.25, -0.2) is 9.37 Å². The van der Waals surface area contributed by atoms with Gasteiger partial charge in [-0.2, -0.15) is 0 Å². The first-order valence-corrected chi connectivity index (χ1v) is 10.8. The molecule has 3 aromatic carbocycles. The van der Waals surface area contributed by atoms with E-state index < -0.39 is 5.82 Å². The van der Waals surface area contributed by atoms with E-state index in [1.807, 2.05) is 18.2 Å². The van der Waals surface area contributed by atoms with Crippen LogP contribution in [0.3, 0.4) is 0 Å². The van der Waals surface area contributed by atoms with Gasteiger partial charge in [-0.05, 0) is 64.5 Å². The van der Waals surface area contributed by atoms with Gasteiger partial charge >= 0.3 is 0 Å². The molecule has 0 fully saturated rings. The van der Waals surface area contributed by atoms with E-state index >= 15 is 0 Å². The van der Waals surface area contributed by atoms with Crippen LogP contribution in [0.4, 0.5) is 10.1 Å². The number of hydrogen-bond donors (Lipinski definition) is 1. The van der Waals surface area contributed by atoms with Crippen molar-refractivity contribution in [2.75, 3.05) is 11.1 Å². The van der Waals surface area contributed by atoms with Crippen LogP contribution in [0.2, 0.25) is 0 Å². The lowest BCUT2D eigenvalue weighted by atomic mass is 10.2. The predicted octanol–water partition coefficient (Wildman–Crippen LogP) is 5.02. The molecular weight excluding hydrogens is 469 g/mol. The molecule has 0 aliphatic rings. The van der Waals surface area contributed by atoms with E-state index in [1.165, 1.54) is 28.8 Å². The number of amides is 1. The number of carbonyl (C=O) groups is 1. The molecule has 0 unspecified atom stereocenters. The highest BCUT2D eigenvalue weighted by Gasteiger charge is 2.15. The Morgan fingerprint density at radius 3 is 2.50 bits per heavy atom. The van der Waals surface area contributed by atoms with Gasteiger partial charge in [0.2, 0.25) is 5.91 Å². The molecule has 150 valence electrons. The molecule has 8 heteroatoms. The van der Waals surface area contributed by atoms with Gasteiger partial charge < -0.3 is 5.32 Å². The van der Waals surface area contributed by atoms with Crippen LogP contribution in [0.5, 0.6) is 0 Å². The summed E-state index contributed by atoms with van der Waals surface area (Å²) in [5.74, 6) is -0.588. The minimum Gasteiger partial charge on any atom is -0.324 e. The summed E-state index contributed by atoms with van der Waals surface area (Å²) in [5.41, 5.74) is 1.40. The molecule has 0 spiro atoms. The minimum atomic E-state index is -0.400. The molecule has 0 saturated carbocycles. The highest BCUT2D eigenvalue weighted by atomic mass is 79.9. The summed E-state index contributed by atoms with van der Waals surface area (Å²) in [5, 5.41) is 3.63. The van der Waals surface area contributed by atoms with Gasteiger partial charge in [0, 0.05) is 4.47 Å². The average molecular weight is 484 g/mol. The van der Waals surface area contributed by atoms with Crippen molar-refractivity contribution in [3.8, 4) is 5.69 Å². The van der Waals surface area contributed by atoms with E-state index in [1.54, 1.807) is 30.3 Å². The van der Waals surface area contributed by atoms with Crippen LogP contribution in [0, 0.1) is 5.82 Å². The standard InChI is InChI=1S/C22H15BrFN3O2S/c23-17-6-2-4-8-19(17)25-20(28)13-30-22-26-18-7-3-1-5-16(18)21(29)27(22)15-11-9-14(24)10-12-15/h1-12H,13H2,(H,25,28). The normalized spacial score (nSPS) is 10.9. The number of rotatable bonds is 5. The van der Waals surface area contributed by atoms with Crippen LogP contribution in [0.25, 0.3) is 16.6 Å². The fraction of sp³-hybridized carbons (Fsp3) is 0.0455. The molecule has 1 amide bonds. The monoisotopic (exact) mass is 483 g/mol. The highest BCUT2D eigenvalue weighted by Crippen LogP contribution is 2.24. The largest absolute Gasteiger partial charge is 0.324 e. The molecule has 0 saturated heterocycles. The van der Waals surface area contributed by atoms with E-state index in [4.69, 9.17) is 0 Å². The summed E-state index contributed by atoms with van der Waals surface area (Å²) >= 11 is 4.53. The number of anilines is 1. The maximum atomic E-state index is 13.4. The number of halogens is 2. The number of para-hydroxylation sites is 2. The fourth-order valence-electron chi connectivity index (χ4n) is 2.91. The summed E-state index contributed by atoms with van der Waals surface area (Å²) < 4.78 is 15.6. The van der Waals surface area contributed by atoms with Crippen LogP contribution in [-0.4, -0.2) is 21.2 Å². The zero-order chi connectivity index (χ0) is 21.1. The van der Waals surface area contributed by atoms with E-state index in [0.717, 1.165) is 16.2 Å². The molecule has 0 aliphatic heterocycles. The van der Waals surface area contributed by atoms with E-state index in [0.29, 0.717) is 27.4 Å². The first kappa shape index (κ1) is 20.3. The first-order valence-electron chi connectivity index (χ1n) is 8.98. The molecule has 4 aromatic rings. The van der Waals surface area contributed by atoms with E-state index in [-0.39, 0.29) is 17.2 Å². The quantitative estimate of drug-likeness (QED) is 0.319. The summed E-state index contributed by atoms with van der Waals surface area (Å²) in [6, 6.07) is 19.9. The third kappa shape index (κ3) is 4.29. The Hall–Kier alpha value is -2.97. The number of benzene rings is 3. The zero-order valence-corrected chi connectivity index (χ0v) is 17.9. The van der Waals surface area contributed by atoms with Crippen molar-refractivity contribution in [3.63, 3.8) is 0 Å². The minimum absolute atomic E-state index is 0.0489. The molecule has 1 heterocycles. The molecule has 1 N–H and O–H groups in total. The lowest BCUT2D eigenvalue weighted by Gasteiger charge is -2.13. The Kier molecular flexibility index (Phi) is 5.96. The summed E-state index contributed by atoms with van der Waals surface area (Å²) in [4.78, 5) is 30.2. The van der Waals surface area contributed by atoms with Crippen molar-refractivity contribution in [1.29, 1.82) is 0 Å². The number of aromatic nitrogens is 2. The molecule has 4 rings (SSSR count). The van der Waals surface area contributed by atoms with Gasteiger partial charge in [0.05, 0.1) is 28.0 Å². The van der Waals surface area contributed by atoms with Crippen LogP contribution < -0.4 is 10.9 Å². The maximum Gasteiger partial charge on any atom is 0.266 e. The third-order valence-corrected chi connectivity index (χ3v) is 5.94. The van der Waals surface area contributed by atoms with Gasteiger partial charge in [0.1, 0.15) is 5.82 Å². The predicted molar refractivity (Wildman–Crippen MR) is 121 cm³/mol. The van der Waals surface area contributed by atoms with E-state index in [9.17, 15) is 14.0 Å². The zero-order valence-electron chi connectivity index (χ0n) is 15.5. The Balaban J connectivity index is 1.68. The second kappa shape index (κ2) is 8.81. The topological polar surface area (TPSA) is 64.0 Å². The maximum absolute atomic E-state index is 13.4. The van der Waals surface area contributed by atoms with Crippen LogP contribution in [0.1, 0.15) is 0 Å². The van der Waals surface area contributed by atoms with Crippen molar-refractivity contribution in [3.05, 3.63) is 93.4 Å². The van der Waals surface area contributed by atoms with Crippen LogP contribution in [0.15, 0.2) is 87.2 Å². The number of nitrogens with one attached hydrogen (secondary N) is 1. The molecule has 1 aromatic heterocycles. The number of fused-ring (bicyclic) bond motifs is 1. The van der Waals surface area contributed by atoms with Gasteiger partial charge in [0.25, 0.3) is 5.56 Å². The molecule has 0 aliphatic carbocycles. The Bertz CT molecular complexity index is 1290. The number of hydrogen-bond acceptors (Lipinski definition) is 4. The first-order chi connectivity index (χ1) is 14.5. The second-order valence-electron chi connectivity index (χ2n) is 6.35. The van der Waals surface area contributed by atoms with Gasteiger partial charge in [0.15, 0.2) is 5.16 Å². The van der Waals surface area contributed by atoms with Gasteiger partial charge in [-0.1, -0.05) is 36.0 Å². The number of thioether (sulfide) groups is 1. The third-order valence-electron chi connectivity index (χ3n) is 4.31. The van der Waals surface area contributed by atoms with Gasteiger partial charge in [-0.15, -0.1) is 0 Å². The average Bonchev–Trinajstić information content (AvgIpc) is 2.75. The highest BCUT2D eigenvalue weighted by molar-refractivity contribution is 9.10. The van der Waals surface area contributed by atoms with Crippen molar-refractivity contribution in [1.82, 2.24) is 9.55 Å².